The molecular formula is C20H20N4O. The summed E-state index contributed by atoms with van der Waals surface area (Å²) in [5, 5.41) is 0. The first kappa shape index (κ1) is 15.7. The lowest BCUT2D eigenvalue weighted by molar-refractivity contribution is 0.237. The zero-order chi connectivity index (χ0) is 17.2. The summed E-state index contributed by atoms with van der Waals surface area (Å²) in [6, 6.07) is 15.9. The van der Waals surface area contributed by atoms with Gasteiger partial charge in [0.15, 0.2) is 0 Å². The Balaban J connectivity index is 1.61. The molecule has 1 aliphatic heterocycles. The topological polar surface area (TPSA) is 61.9 Å². The van der Waals surface area contributed by atoms with Crippen molar-refractivity contribution >= 4 is 0 Å². The molecule has 1 aliphatic rings. The van der Waals surface area contributed by atoms with Gasteiger partial charge in [-0.15, -0.1) is 0 Å². The van der Waals surface area contributed by atoms with E-state index in [9.17, 15) is 4.79 Å². The van der Waals surface area contributed by atoms with Crippen LogP contribution in [0.25, 0.3) is 11.4 Å². The zero-order valence-electron chi connectivity index (χ0n) is 14.2. The Morgan fingerprint density at radius 3 is 2.72 bits per heavy atom. The number of hydrogen-bond donors (Lipinski definition) is 1. The van der Waals surface area contributed by atoms with Crippen LogP contribution in [0.4, 0.5) is 0 Å². The Kier molecular flexibility index (Phi) is 4.15. The monoisotopic (exact) mass is 332 g/mol. The van der Waals surface area contributed by atoms with Gasteiger partial charge in [0.05, 0.1) is 11.4 Å². The fourth-order valence-electron chi connectivity index (χ4n) is 3.28. The smallest absolute Gasteiger partial charge is 0.254 e. The molecule has 5 heteroatoms. The molecule has 25 heavy (non-hydrogen) atoms. The van der Waals surface area contributed by atoms with E-state index in [0.717, 1.165) is 47.7 Å². The van der Waals surface area contributed by atoms with E-state index in [4.69, 9.17) is 4.98 Å². The second-order valence-corrected chi connectivity index (χ2v) is 6.44. The largest absolute Gasteiger partial charge is 0.306 e. The molecule has 0 unspecified atom stereocenters. The molecule has 0 atom stereocenters. The first-order valence-corrected chi connectivity index (χ1v) is 8.51. The van der Waals surface area contributed by atoms with Crippen LogP contribution >= 0.6 is 0 Å². The van der Waals surface area contributed by atoms with E-state index in [2.05, 4.69) is 14.9 Å². The van der Waals surface area contributed by atoms with Gasteiger partial charge in [0.1, 0.15) is 5.82 Å². The van der Waals surface area contributed by atoms with Gasteiger partial charge in [-0.1, -0.05) is 36.4 Å². The minimum absolute atomic E-state index is 0.0165. The summed E-state index contributed by atoms with van der Waals surface area (Å²) in [6.07, 6.45) is 0.721. The average Bonchev–Trinajstić information content (AvgIpc) is 2.62. The standard InChI is InChI=1S/C20H20N4O/c1-14-6-5-9-16(21-14)12-24-11-10-17-18(13-24)22-19(23-20(17)25)15-7-3-2-4-8-15/h2-9H,10-13H2,1H3,(H,22,23,25). The molecule has 0 radical (unpaired) electrons. The number of aromatic amines is 1. The van der Waals surface area contributed by atoms with Crippen molar-refractivity contribution in [1.29, 1.82) is 0 Å². The highest BCUT2D eigenvalue weighted by Crippen LogP contribution is 2.19. The quantitative estimate of drug-likeness (QED) is 0.801. The van der Waals surface area contributed by atoms with Crippen LogP contribution in [0, 0.1) is 6.92 Å². The van der Waals surface area contributed by atoms with Gasteiger partial charge < -0.3 is 4.98 Å². The third kappa shape index (κ3) is 3.37. The molecule has 0 saturated carbocycles. The van der Waals surface area contributed by atoms with Gasteiger partial charge in [0, 0.05) is 36.5 Å². The van der Waals surface area contributed by atoms with E-state index in [0.29, 0.717) is 12.4 Å². The first-order chi connectivity index (χ1) is 12.2. The molecule has 0 saturated heterocycles. The van der Waals surface area contributed by atoms with E-state index in [1.165, 1.54) is 0 Å². The van der Waals surface area contributed by atoms with Gasteiger partial charge >= 0.3 is 0 Å². The summed E-state index contributed by atoms with van der Waals surface area (Å²) in [4.78, 5) is 27.0. The number of nitrogens with zero attached hydrogens (tertiary/aromatic N) is 3. The molecule has 126 valence electrons. The second kappa shape index (κ2) is 6.61. The summed E-state index contributed by atoms with van der Waals surface area (Å²) in [7, 11) is 0. The second-order valence-electron chi connectivity index (χ2n) is 6.44. The summed E-state index contributed by atoms with van der Waals surface area (Å²) in [5.74, 6) is 0.639. The van der Waals surface area contributed by atoms with Crippen molar-refractivity contribution in [2.24, 2.45) is 0 Å². The molecular weight excluding hydrogens is 312 g/mol. The molecule has 0 aliphatic carbocycles. The molecule has 5 nitrogen and oxygen atoms in total. The maximum absolute atomic E-state index is 12.4. The summed E-state index contributed by atoms with van der Waals surface area (Å²) >= 11 is 0. The zero-order valence-corrected chi connectivity index (χ0v) is 14.2. The molecule has 0 bridgehead atoms. The molecule has 2 aromatic heterocycles. The third-order valence-electron chi connectivity index (χ3n) is 4.53. The van der Waals surface area contributed by atoms with E-state index >= 15 is 0 Å². The van der Waals surface area contributed by atoms with Crippen molar-refractivity contribution in [1.82, 2.24) is 19.9 Å². The van der Waals surface area contributed by atoms with E-state index < -0.39 is 0 Å². The third-order valence-corrected chi connectivity index (χ3v) is 4.53. The number of fused-ring (bicyclic) bond motifs is 1. The lowest BCUT2D eigenvalue weighted by Gasteiger charge is -2.27. The Hall–Kier alpha value is -2.79. The average molecular weight is 332 g/mol. The summed E-state index contributed by atoms with van der Waals surface area (Å²) in [5.41, 5.74) is 4.68. The Morgan fingerprint density at radius 2 is 1.92 bits per heavy atom. The van der Waals surface area contributed by atoms with E-state index in [1.807, 2.05) is 55.5 Å². The molecule has 1 aromatic carbocycles. The molecule has 0 fully saturated rings. The molecule has 1 N–H and O–H groups in total. The van der Waals surface area contributed by atoms with Gasteiger partial charge in [-0.3, -0.25) is 14.7 Å². The maximum atomic E-state index is 12.4. The Labute approximate surface area is 146 Å². The molecule has 3 heterocycles. The van der Waals surface area contributed by atoms with Crippen LogP contribution < -0.4 is 5.56 Å². The number of aryl methyl sites for hydroxylation is 1. The lowest BCUT2D eigenvalue weighted by Crippen LogP contribution is -2.35. The molecule has 0 spiro atoms. The predicted molar refractivity (Wildman–Crippen MR) is 97.1 cm³/mol. The van der Waals surface area contributed by atoms with Crippen molar-refractivity contribution in [3.63, 3.8) is 0 Å². The van der Waals surface area contributed by atoms with Gasteiger partial charge in [0.25, 0.3) is 5.56 Å². The first-order valence-electron chi connectivity index (χ1n) is 8.51. The number of H-pyrrole nitrogens is 1. The minimum Gasteiger partial charge on any atom is -0.306 e. The lowest BCUT2D eigenvalue weighted by atomic mass is 10.1. The molecule has 3 aromatic rings. The van der Waals surface area contributed by atoms with Crippen LogP contribution in [0.1, 0.15) is 22.6 Å². The minimum atomic E-state index is -0.0165. The van der Waals surface area contributed by atoms with Crippen molar-refractivity contribution in [3.05, 3.63) is 81.5 Å². The van der Waals surface area contributed by atoms with Crippen LogP contribution in [-0.2, 0) is 19.5 Å². The van der Waals surface area contributed by atoms with Gasteiger partial charge in [-0.05, 0) is 25.5 Å². The highest BCUT2D eigenvalue weighted by molar-refractivity contribution is 5.54. The highest BCUT2D eigenvalue weighted by Gasteiger charge is 2.21. The van der Waals surface area contributed by atoms with Crippen LogP contribution in [0.2, 0.25) is 0 Å². The van der Waals surface area contributed by atoms with Gasteiger partial charge in [0.2, 0.25) is 0 Å². The predicted octanol–water partition coefficient (Wildman–Crippen LogP) is 2.70. The van der Waals surface area contributed by atoms with Crippen molar-refractivity contribution in [3.8, 4) is 11.4 Å². The highest BCUT2D eigenvalue weighted by atomic mass is 16.1. The summed E-state index contributed by atoms with van der Waals surface area (Å²) in [6.45, 7) is 4.30. The number of benzene rings is 1. The Bertz CT molecular complexity index is 949. The Morgan fingerprint density at radius 1 is 1.08 bits per heavy atom. The summed E-state index contributed by atoms with van der Waals surface area (Å²) < 4.78 is 0. The number of hydrogen-bond acceptors (Lipinski definition) is 4. The number of pyridine rings is 1. The number of aromatic nitrogens is 3. The van der Waals surface area contributed by atoms with Gasteiger partial charge in [-0.25, -0.2) is 4.98 Å². The van der Waals surface area contributed by atoms with Crippen LogP contribution in [0.3, 0.4) is 0 Å². The SMILES string of the molecule is Cc1cccc(CN2CCc3c(nc(-c4ccccc4)[nH]c3=O)C2)n1. The van der Waals surface area contributed by atoms with Crippen molar-refractivity contribution in [2.75, 3.05) is 6.54 Å². The van der Waals surface area contributed by atoms with Gasteiger partial charge in [-0.2, -0.15) is 0 Å². The van der Waals surface area contributed by atoms with Crippen LogP contribution in [-0.4, -0.2) is 26.4 Å². The molecule has 0 amide bonds. The fourth-order valence-corrected chi connectivity index (χ4v) is 3.28. The normalized spacial score (nSPS) is 14.3. The number of nitrogens with one attached hydrogen (secondary N) is 1. The van der Waals surface area contributed by atoms with E-state index in [-0.39, 0.29) is 5.56 Å². The van der Waals surface area contributed by atoms with Crippen molar-refractivity contribution < 1.29 is 0 Å². The van der Waals surface area contributed by atoms with Crippen molar-refractivity contribution in [2.45, 2.75) is 26.4 Å². The number of rotatable bonds is 3. The maximum Gasteiger partial charge on any atom is 0.254 e. The van der Waals surface area contributed by atoms with E-state index in [1.54, 1.807) is 0 Å². The molecule has 4 rings (SSSR count). The fraction of sp³-hybridized carbons (Fsp3) is 0.250. The van der Waals surface area contributed by atoms with Crippen LogP contribution in [0.15, 0.2) is 53.3 Å². The van der Waals surface area contributed by atoms with Crippen LogP contribution in [0.5, 0.6) is 0 Å².